The summed E-state index contributed by atoms with van der Waals surface area (Å²) < 4.78 is 16.8. The normalized spacial score (nSPS) is 27.2. The minimum Gasteiger partial charge on any atom is -0.130 e. The van der Waals surface area contributed by atoms with Gasteiger partial charge in [-0.3, -0.25) is 0 Å². The van der Waals surface area contributed by atoms with Crippen LogP contribution in [0.2, 0.25) is 0 Å². The molecule has 1 aromatic carbocycles. The first-order valence-electron chi connectivity index (χ1n) is 5.64. The molecule has 3 atom stereocenters. The van der Waals surface area contributed by atoms with E-state index in [4.69, 9.17) is 4.52 Å². The molecule has 18 heavy (non-hydrogen) atoms. The van der Waals surface area contributed by atoms with Crippen LogP contribution in [-0.2, 0) is 9.09 Å². The van der Waals surface area contributed by atoms with Gasteiger partial charge in [0.05, 0.1) is 10.00 Å². The maximum Gasteiger partial charge on any atom is 0.582 e. The molecule has 98 valence electrons. The Kier molecular flexibility index (Phi) is 4.71. The summed E-state index contributed by atoms with van der Waals surface area (Å²) in [5.74, 6) is 0. The number of aryl methyl sites for hydroxylation is 1. The molecule has 0 aliphatic carbocycles. The molecule has 1 aliphatic heterocycles. The summed E-state index contributed by atoms with van der Waals surface area (Å²) in [5.41, 5.74) is 2.46. The summed E-state index contributed by atoms with van der Waals surface area (Å²) in [6.07, 6.45) is -0.0867. The molecule has 0 spiro atoms. The van der Waals surface area contributed by atoms with Gasteiger partial charge in [0, 0.05) is 0 Å². The number of hydrogen-bond acceptors (Lipinski definition) is 4. The van der Waals surface area contributed by atoms with E-state index in [-0.39, 0.29) is 16.1 Å². The van der Waals surface area contributed by atoms with E-state index in [0.29, 0.717) is 0 Å². The Morgan fingerprint density at radius 3 is 2.50 bits per heavy atom. The number of thiol groups is 1. The molecular formula is C12H16O2PS3+. The number of rotatable bonds is 3. The van der Waals surface area contributed by atoms with Crippen LogP contribution >= 0.6 is 41.1 Å². The Labute approximate surface area is 122 Å². The zero-order valence-electron chi connectivity index (χ0n) is 10.5. The van der Waals surface area contributed by atoms with Crippen molar-refractivity contribution in [2.24, 2.45) is 0 Å². The van der Waals surface area contributed by atoms with Gasteiger partial charge in [0.15, 0.2) is 0 Å². The predicted octanol–water partition coefficient (Wildman–Crippen LogP) is 5.18. The largest absolute Gasteiger partial charge is 0.582 e. The van der Waals surface area contributed by atoms with E-state index in [1.54, 1.807) is 21.6 Å². The number of hydrogen-bond donors (Lipinski definition) is 1. The molecule has 0 N–H and O–H groups in total. The molecule has 1 unspecified atom stereocenters. The Balaban J connectivity index is 2.26. The molecule has 1 saturated heterocycles. The second kappa shape index (κ2) is 5.76. The van der Waals surface area contributed by atoms with Crippen LogP contribution in [0.1, 0.15) is 30.2 Å². The highest BCUT2D eigenvalue weighted by atomic mass is 33.1. The summed E-state index contributed by atoms with van der Waals surface area (Å²) in [6, 6.07) is 8.45. The third kappa shape index (κ3) is 3.26. The van der Waals surface area contributed by atoms with Crippen molar-refractivity contribution in [2.45, 2.75) is 36.9 Å². The molecule has 2 rings (SSSR count). The van der Waals surface area contributed by atoms with E-state index in [2.05, 4.69) is 57.3 Å². The first kappa shape index (κ1) is 14.7. The zero-order chi connectivity index (χ0) is 13.3. The Morgan fingerprint density at radius 2 is 1.94 bits per heavy atom. The third-order valence-electron chi connectivity index (χ3n) is 2.94. The van der Waals surface area contributed by atoms with Crippen molar-refractivity contribution in [2.75, 3.05) is 0 Å². The monoisotopic (exact) mass is 319 g/mol. The average molecular weight is 319 g/mol. The maximum absolute atomic E-state index is 11.3. The summed E-state index contributed by atoms with van der Waals surface area (Å²) >= 11 is 3.89. The van der Waals surface area contributed by atoms with Crippen LogP contribution in [0.4, 0.5) is 0 Å². The average Bonchev–Trinajstić information content (AvgIpc) is 2.56. The van der Waals surface area contributed by atoms with E-state index >= 15 is 0 Å². The van der Waals surface area contributed by atoms with Crippen LogP contribution in [0, 0.1) is 6.92 Å². The Hall–Kier alpha value is 0.330. The fourth-order valence-electron chi connectivity index (χ4n) is 1.90. The molecule has 1 heterocycles. The van der Waals surface area contributed by atoms with Gasteiger partial charge < -0.3 is 0 Å². The molecule has 1 aromatic rings. The lowest BCUT2D eigenvalue weighted by atomic mass is 9.97. The van der Waals surface area contributed by atoms with E-state index in [0.717, 1.165) is 0 Å². The lowest BCUT2D eigenvalue weighted by Gasteiger charge is -2.23. The smallest absolute Gasteiger partial charge is 0.130 e. The summed E-state index contributed by atoms with van der Waals surface area (Å²) in [7, 11) is 1.70. The van der Waals surface area contributed by atoms with Crippen LogP contribution in [0.15, 0.2) is 24.3 Å². The fourth-order valence-corrected chi connectivity index (χ4v) is 6.40. The van der Waals surface area contributed by atoms with Crippen molar-refractivity contribution < 1.29 is 9.09 Å². The Morgan fingerprint density at radius 1 is 1.33 bits per heavy atom. The van der Waals surface area contributed by atoms with Crippen molar-refractivity contribution in [1.29, 1.82) is 0 Å². The van der Waals surface area contributed by atoms with Gasteiger partial charge in [0.1, 0.15) is 18.4 Å². The summed E-state index contributed by atoms with van der Waals surface area (Å²) in [6.45, 7) is 6.31. The van der Waals surface area contributed by atoms with Crippen molar-refractivity contribution in [1.82, 2.24) is 0 Å². The molecule has 0 radical (unpaired) electrons. The highest BCUT2D eigenvalue weighted by molar-refractivity contribution is 8.77. The van der Waals surface area contributed by atoms with E-state index in [1.807, 2.05) is 0 Å². The van der Waals surface area contributed by atoms with Gasteiger partial charge in [-0.2, -0.15) is 0 Å². The summed E-state index contributed by atoms with van der Waals surface area (Å²) in [4.78, 5) is 0. The molecule has 0 amide bonds. The minimum atomic E-state index is -1.88. The van der Waals surface area contributed by atoms with Crippen LogP contribution < -0.4 is 0 Å². The first-order chi connectivity index (χ1) is 8.40. The van der Waals surface area contributed by atoms with Crippen molar-refractivity contribution in [3.63, 3.8) is 0 Å². The second-order valence-electron chi connectivity index (χ2n) is 4.88. The van der Waals surface area contributed by atoms with Gasteiger partial charge in [-0.25, -0.2) is 0 Å². The van der Waals surface area contributed by atoms with Gasteiger partial charge in [0.25, 0.3) is 0 Å². The third-order valence-corrected chi connectivity index (χ3v) is 7.31. The lowest BCUT2D eigenvalue weighted by Crippen LogP contribution is -2.32. The van der Waals surface area contributed by atoms with Gasteiger partial charge >= 0.3 is 7.23 Å². The second-order valence-corrected chi connectivity index (χ2v) is 9.54. The van der Waals surface area contributed by atoms with Gasteiger partial charge in [-0.1, -0.05) is 51.4 Å². The SMILES string of the molecule is Cc1ccc([C@H]2SSC(C)(C)[C@@H]2O[P+](=O)S)cc1. The Bertz CT molecular complexity index is 447. The topological polar surface area (TPSA) is 26.3 Å². The van der Waals surface area contributed by atoms with E-state index in [1.165, 1.54) is 11.1 Å². The summed E-state index contributed by atoms with van der Waals surface area (Å²) in [5, 5.41) is 0.205. The first-order valence-corrected chi connectivity index (χ1v) is 10.2. The molecule has 0 bridgehead atoms. The molecule has 1 fully saturated rings. The predicted molar refractivity (Wildman–Crippen MR) is 84.6 cm³/mol. The zero-order valence-corrected chi connectivity index (χ0v) is 13.9. The van der Waals surface area contributed by atoms with Gasteiger partial charge in [0.2, 0.25) is 0 Å². The van der Waals surface area contributed by atoms with Crippen molar-refractivity contribution >= 4 is 41.1 Å². The van der Waals surface area contributed by atoms with Gasteiger partial charge in [-0.05, 0) is 30.9 Å². The van der Waals surface area contributed by atoms with E-state index < -0.39 is 7.23 Å². The molecule has 0 saturated carbocycles. The highest BCUT2D eigenvalue weighted by Crippen LogP contribution is 2.61. The molecule has 2 nitrogen and oxygen atoms in total. The lowest BCUT2D eigenvalue weighted by molar-refractivity contribution is 0.187. The fraction of sp³-hybridized carbons (Fsp3) is 0.500. The van der Waals surface area contributed by atoms with E-state index in [9.17, 15) is 4.57 Å². The van der Waals surface area contributed by atoms with Gasteiger partial charge in [-0.15, -0.1) is 4.52 Å². The van der Waals surface area contributed by atoms with Crippen LogP contribution in [-0.4, -0.2) is 10.9 Å². The molecule has 1 aliphatic rings. The van der Waals surface area contributed by atoms with Crippen molar-refractivity contribution in [3.8, 4) is 0 Å². The van der Waals surface area contributed by atoms with Crippen LogP contribution in [0.25, 0.3) is 0 Å². The standard InChI is InChI=1S/C12H15O2PS3/c1-8-4-6-9(7-5-8)10-11(14-15(13)16)12(2,3)18-17-10/h4-7,10-11H,1-3H3/p+1/t10-,11-/m1/s1. The molecule has 0 aromatic heterocycles. The number of benzene rings is 1. The minimum absolute atomic E-state index is 0.0616. The quantitative estimate of drug-likeness (QED) is 0.471. The van der Waals surface area contributed by atoms with Crippen LogP contribution in [0.5, 0.6) is 0 Å². The maximum atomic E-state index is 11.3. The van der Waals surface area contributed by atoms with Crippen molar-refractivity contribution in [3.05, 3.63) is 35.4 Å². The molecular weight excluding hydrogens is 303 g/mol. The van der Waals surface area contributed by atoms with Crippen LogP contribution in [0.3, 0.4) is 0 Å². The highest BCUT2D eigenvalue weighted by Gasteiger charge is 2.49. The molecule has 6 heteroatoms.